The zero-order valence-corrected chi connectivity index (χ0v) is 15.3. The molecule has 3 rings (SSSR count). The van der Waals surface area contributed by atoms with Crippen LogP contribution in [0.15, 0.2) is 29.2 Å². The molecule has 1 aliphatic rings. The van der Waals surface area contributed by atoms with E-state index in [4.69, 9.17) is 4.74 Å². The topological polar surface area (TPSA) is 75.7 Å². The number of benzene rings is 1. The van der Waals surface area contributed by atoms with Crippen LogP contribution >= 0.6 is 11.3 Å². The van der Waals surface area contributed by atoms with Crippen molar-refractivity contribution in [3.8, 4) is 0 Å². The monoisotopic (exact) mass is 384 g/mol. The third-order valence-corrected chi connectivity index (χ3v) is 6.62. The van der Waals surface area contributed by atoms with Gasteiger partial charge in [-0.3, -0.25) is 4.72 Å². The number of hydrogen-bond donors (Lipinski definition) is 1. The molecule has 1 aliphatic heterocycles. The lowest BCUT2D eigenvalue weighted by atomic mass is 10.0. The fourth-order valence-electron chi connectivity index (χ4n) is 2.72. The van der Waals surface area contributed by atoms with Gasteiger partial charge in [-0.15, -0.1) is 11.3 Å². The number of carbonyl (C=O) groups excluding carboxylic acids is 1. The number of nitrogens with zero attached hydrogens (tertiary/aromatic N) is 1. The molecule has 25 heavy (non-hydrogen) atoms. The van der Waals surface area contributed by atoms with Gasteiger partial charge in [-0.25, -0.2) is 17.6 Å². The van der Waals surface area contributed by atoms with Crippen LogP contribution in [0.1, 0.15) is 20.8 Å². The van der Waals surface area contributed by atoms with Gasteiger partial charge in [0.1, 0.15) is 10.8 Å². The van der Waals surface area contributed by atoms with Gasteiger partial charge in [0.2, 0.25) is 0 Å². The highest BCUT2D eigenvalue weighted by Gasteiger charge is 2.29. The smallest absolute Gasteiger partial charge is 0.341 e. The van der Waals surface area contributed by atoms with Crippen molar-refractivity contribution in [3.63, 3.8) is 0 Å². The number of carbonyl (C=O) groups is 1. The molecule has 0 radical (unpaired) electrons. The van der Waals surface area contributed by atoms with Crippen LogP contribution in [0.2, 0.25) is 0 Å². The van der Waals surface area contributed by atoms with E-state index >= 15 is 0 Å². The Kier molecular flexibility index (Phi) is 4.81. The Hall–Kier alpha value is -1.97. The lowest BCUT2D eigenvalue weighted by Gasteiger charge is -2.22. The first-order valence-electron chi connectivity index (χ1n) is 7.51. The minimum absolute atomic E-state index is 0.0757. The highest BCUT2D eigenvalue weighted by atomic mass is 32.2. The minimum Gasteiger partial charge on any atom is -0.465 e. The number of halogens is 1. The summed E-state index contributed by atoms with van der Waals surface area (Å²) in [6.45, 7) is 1.42. The van der Waals surface area contributed by atoms with Crippen molar-refractivity contribution in [2.75, 3.05) is 25.4 Å². The Balaban J connectivity index is 2.02. The summed E-state index contributed by atoms with van der Waals surface area (Å²) in [6.07, 6.45) is 0.644. The highest BCUT2D eigenvalue weighted by molar-refractivity contribution is 7.93. The van der Waals surface area contributed by atoms with E-state index < -0.39 is 21.8 Å². The largest absolute Gasteiger partial charge is 0.465 e. The molecular formula is C16H17FN2O4S2. The molecule has 0 spiro atoms. The molecule has 0 aliphatic carbocycles. The van der Waals surface area contributed by atoms with Crippen LogP contribution in [0.4, 0.5) is 9.39 Å². The number of hydrogen-bond acceptors (Lipinski definition) is 6. The van der Waals surface area contributed by atoms with Gasteiger partial charge in [-0.1, -0.05) is 0 Å². The Morgan fingerprint density at radius 3 is 2.64 bits per heavy atom. The molecule has 0 saturated carbocycles. The highest BCUT2D eigenvalue weighted by Crippen LogP contribution is 2.38. The number of nitrogens with one attached hydrogen (secondary N) is 1. The van der Waals surface area contributed by atoms with Crippen LogP contribution in [0, 0.1) is 5.82 Å². The number of methoxy groups -OCH3 is 1. The third kappa shape index (κ3) is 3.53. The molecule has 9 heteroatoms. The van der Waals surface area contributed by atoms with Gasteiger partial charge in [0.05, 0.1) is 17.6 Å². The van der Waals surface area contributed by atoms with Gasteiger partial charge in [0, 0.05) is 18.0 Å². The molecule has 0 amide bonds. The Labute approximate surface area is 149 Å². The predicted octanol–water partition coefficient (Wildman–Crippen LogP) is 2.46. The van der Waals surface area contributed by atoms with Crippen LogP contribution in [0.5, 0.6) is 0 Å². The summed E-state index contributed by atoms with van der Waals surface area (Å²) in [4.78, 5) is 15.2. The van der Waals surface area contributed by atoms with E-state index in [0.29, 0.717) is 13.0 Å². The first-order chi connectivity index (χ1) is 11.8. The van der Waals surface area contributed by atoms with Crippen molar-refractivity contribution in [2.45, 2.75) is 17.9 Å². The number of thiophene rings is 1. The molecule has 2 aromatic rings. The van der Waals surface area contributed by atoms with E-state index in [2.05, 4.69) is 9.62 Å². The van der Waals surface area contributed by atoms with Crippen LogP contribution in [0.3, 0.4) is 0 Å². The lowest BCUT2D eigenvalue weighted by Crippen LogP contribution is -2.26. The first kappa shape index (κ1) is 17.8. The van der Waals surface area contributed by atoms with Crippen LogP contribution in [0.25, 0.3) is 0 Å². The second-order valence-electron chi connectivity index (χ2n) is 5.75. The van der Waals surface area contributed by atoms with Crippen LogP contribution in [-0.4, -0.2) is 40.0 Å². The van der Waals surface area contributed by atoms with Gasteiger partial charge < -0.3 is 9.64 Å². The second kappa shape index (κ2) is 6.74. The standard InChI is InChI=1S/C16H17FN2O4S2/c1-19-8-7-12-13(9-19)24-15(14(12)16(20)23-2)18-25(21,22)11-5-3-10(17)4-6-11/h3-6,18H,7-9H2,1-2H3. The van der Waals surface area contributed by atoms with Crippen molar-refractivity contribution in [1.82, 2.24) is 4.90 Å². The summed E-state index contributed by atoms with van der Waals surface area (Å²) in [6, 6.07) is 4.50. The summed E-state index contributed by atoms with van der Waals surface area (Å²) < 4.78 is 45.5. The molecule has 0 fully saturated rings. The lowest BCUT2D eigenvalue weighted by molar-refractivity contribution is 0.0600. The Morgan fingerprint density at radius 2 is 2.00 bits per heavy atom. The van der Waals surface area contributed by atoms with Gasteiger partial charge in [-0.05, 0) is 43.3 Å². The number of rotatable bonds is 4. The Morgan fingerprint density at radius 1 is 1.32 bits per heavy atom. The number of esters is 1. The average molecular weight is 384 g/mol. The molecule has 6 nitrogen and oxygen atoms in total. The van der Waals surface area contributed by atoms with Crippen molar-refractivity contribution >= 4 is 32.3 Å². The first-order valence-corrected chi connectivity index (χ1v) is 9.81. The SMILES string of the molecule is COC(=O)c1c(NS(=O)(=O)c2ccc(F)cc2)sc2c1CCN(C)C2. The van der Waals surface area contributed by atoms with E-state index in [-0.39, 0.29) is 15.5 Å². The minimum atomic E-state index is -3.93. The molecule has 1 aromatic carbocycles. The fourth-order valence-corrected chi connectivity index (χ4v) is 5.34. The summed E-state index contributed by atoms with van der Waals surface area (Å²) in [7, 11) is -0.710. The molecule has 134 valence electrons. The second-order valence-corrected chi connectivity index (χ2v) is 8.53. The number of fused-ring (bicyclic) bond motifs is 1. The molecule has 2 heterocycles. The number of likely N-dealkylation sites (N-methyl/N-ethyl adjacent to an activating group) is 1. The number of ether oxygens (including phenoxy) is 1. The molecular weight excluding hydrogens is 367 g/mol. The maximum atomic E-state index is 13.0. The molecule has 0 unspecified atom stereocenters. The fraction of sp³-hybridized carbons (Fsp3) is 0.312. The normalized spacial score (nSPS) is 14.8. The zero-order chi connectivity index (χ0) is 18.2. The predicted molar refractivity (Wildman–Crippen MR) is 92.9 cm³/mol. The zero-order valence-electron chi connectivity index (χ0n) is 13.7. The molecule has 0 bridgehead atoms. The van der Waals surface area contributed by atoms with Crippen molar-refractivity contribution in [1.29, 1.82) is 0 Å². The van der Waals surface area contributed by atoms with Gasteiger partial charge in [0.15, 0.2) is 0 Å². The molecule has 1 N–H and O–H groups in total. The quantitative estimate of drug-likeness (QED) is 0.820. The Bertz CT molecular complexity index is 907. The number of anilines is 1. The van der Waals surface area contributed by atoms with Crippen molar-refractivity contribution in [3.05, 3.63) is 46.1 Å². The van der Waals surface area contributed by atoms with Crippen molar-refractivity contribution in [2.24, 2.45) is 0 Å². The summed E-state index contributed by atoms with van der Waals surface area (Å²) >= 11 is 1.23. The third-order valence-electron chi connectivity index (χ3n) is 3.99. The molecule has 0 atom stereocenters. The van der Waals surface area contributed by atoms with Crippen molar-refractivity contribution < 1.29 is 22.3 Å². The van der Waals surface area contributed by atoms with E-state index in [1.807, 2.05) is 7.05 Å². The maximum Gasteiger partial charge on any atom is 0.341 e. The van der Waals surface area contributed by atoms with Crippen LogP contribution in [-0.2, 0) is 27.7 Å². The molecule has 0 saturated heterocycles. The average Bonchev–Trinajstić information content (AvgIpc) is 2.90. The maximum absolute atomic E-state index is 13.0. The van der Waals surface area contributed by atoms with E-state index in [1.54, 1.807) is 0 Å². The van der Waals surface area contributed by atoms with Gasteiger partial charge >= 0.3 is 5.97 Å². The van der Waals surface area contributed by atoms with E-state index in [9.17, 15) is 17.6 Å². The summed E-state index contributed by atoms with van der Waals surface area (Å²) in [5.41, 5.74) is 1.09. The van der Waals surface area contributed by atoms with E-state index in [0.717, 1.165) is 29.1 Å². The van der Waals surface area contributed by atoms with E-state index in [1.165, 1.54) is 30.6 Å². The number of sulfonamides is 1. The van der Waals surface area contributed by atoms with Gasteiger partial charge in [0.25, 0.3) is 10.0 Å². The van der Waals surface area contributed by atoms with Crippen LogP contribution < -0.4 is 4.72 Å². The van der Waals surface area contributed by atoms with Gasteiger partial charge in [-0.2, -0.15) is 0 Å². The molecule has 1 aromatic heterocycles. The summed E-state index contributed by atoms with van der Waals surface area (Å²) in [5.74, 6) is -1.09. The summed E-state index contributed by atoms with van der Waals surface area (Å²) in [5, 5.41) is 0.233.